The van der Waals surface area contributed by atoms with Crippen molar-refractivity contribution in [2.75, 3.05) is 0 Å². The fraction of sp³-hybridized carbons (Fsp3) is 0.333. The first kappa shape index (κ1) is 25.2. The van der Waals surface area contributed by atoms with Crippen LogP contribution in [0.1, 0.15) is 74.9 Å². The molecule has 3 aromatic rings. The van der Waals surface area contributed by atoms with Crippen LogP contribution in [0.4, 0.5) is 11.4 Å². The number of rotatable bonds is 4. The summed E-state index contributed by atoms with van der Waals surface area (Å²) >= 11 is 0. The van der Waals surface area contributed by atoms with Crippen molar-refractivity contribution in [2.24, 2.45) is 9.98 Å². The molecule has 4 heteroatoms. The molecule has 0 amide bonds. The van der Waals surface area contributed by atoms with Crippen LogP contribution >= 0.6 is 0 Å². The number of hydrogen-bond donors (Lipinski definition) is 2. The standard InChI is InChI=1S/C30H36N2O2/c1-19-13-21(27(33)23(15-19)29(3,4)5)17-31-25-11-9-10-12-26(25)32-18-22-14-20(2)16-24(28(22)34)30(6,7)8/h9-18,33-34H,1-8H3. The minimum Gasteiger partial charge on any atom is -0.507 e. The molecule has 2 N–H and O–H groups in total. The first-order chi connectivity index (χ1) is 15.8. The number of aliphatic imine (C=N–C) groups is 2. The molecule has 0 unspecified atom stereocenters. The summed E-state index contributed by atoms with van der Waals surface area (Å²) in [4.78, 5) is 9.30. The van der Waals surface area contributed by atoms with Crippen molar-refractivity contribution in [3.8, 4) is 11.5 Å². The lowest BCUT2D eigenvalue weighted by molar-refractivity contribution is 0.445. The van der Waals surface area contributed by atoms with E-state index >= 15 is 0 Å². The van der Waals surface area contributed by atoms with E-state index in [0.29, 0.717) is 22.5 Å². The van der Waals surface area contributed by atoms with Crippen molar-refractivity contribution in [1.29, 1.82) is 0 Å². The minimum atomic E-state index is -0.178. The van der Waals surface area contributed by atoms with E-state index in [1.807, 2.05) is 62.4 Å². The number of aromatic hydroxyl groups is 2. The highest BCUT2D eigenvalue weighted by atomic mass is 16.3. The SMILES string of the molecule is Cc1cc(C=Nc2ccccc2N=Cc2cc(C)cc(C(C)(C)C)c2O)c(O)c(C(C)(C)C)c1. The number of phenolic OH excluding ortho intramolecular Hbond substituents is 2. The average Bonchev–Trinajstić information content (AvgIpc) is 2.73. The van der Waals surface area contributed by atoms with Crippen LogP contribution in [0.5, 0.6) is 11.5 Å². The summed E-state index contributed by atoms with van der Waals surface area (Å²) in [6.45, 7) is 16.5. The van der Waals surface area contributed by atoms with E-state index in [0.717, 1.165) is 22.3 Å². The van der Waals surface area contributed by atoms with E-state index < -0.39 is 0 Å². The third-order valence-electron chi connectivity index (χ3n) is 5.75. The number of aryl methyl sites for hydroxylation is 2. The van der Waals surface area contributed by atoms with Gasteiger partial charge in [0.2, 0.25) is 0 Å². The summed E-state index contributed by atoms with van der Waals surface area (Å²) in [5.74, 6) is 0.504. The second-order valence-corrected chi connectivity index (χ2v) is 11.0. The molecule has 0 radical (unpaired) electrons. The molecule has 0 aliphatic heterocycles. The van der Waals surface area contributed by atoms with Gasteiger partial charge in [0.1, 0.15) is 11.5 Å². The summed E-state index contributed by atoms with van der Waals surface area (Å²) < 4.78 is 0. The quantitative estimate of drug-likeness (QED) is 0.393. The van der Waals surface area contributed by atoms with Gasteiger partial charge >= 0.3 is 0 Å². The van der Waals surface area contributed by atoms with Crippen molar-refractivity contribution in [2.45, 2.75) is 66.2 Å². The Kier molecular flexibility index (Phi) is 7.02. The third kappa shape index (κ3) is 5.74. The Morgan fingerprint density at radius 3 is 1.29 bits per heavy atom. The lowest BCUT2D eigenvalue weighted by Gasteiger charge is -2.22. The Hall–Kier alpha value is -3.40. The van der Waals surface area contributed by atoms with Gasteiger partial charge in [0.25, 0.3) is 0 Å². The molecule has 0 saturated carbocycles. The van der Waals surface area contributed by atoms with Crippen LogP contribution in [0.15, 0.2) is 58.5 Å². The van der Waals surface area contributed by atoms with Crippen LogP contribution in [0, 0.1) is 13.8 Å². The second-order valence-electron chi connectivity index (χ2n) is 11.0. The zero-order valence-electron chi connectivity index (χ0n) is 21.6. The maximum absolute atomic E-state index is 10.8. The minimum absolute atomic E-state index is 0.178. The summed E-state index contributed by atoms with van der Waals surface area (Å²) in [6, 6.07) is 15.5. The van der Waals surface area contributed by atoms with E-state index in [1.165, 1.54) is 0 Å². The molecule has 0 aromatic heterocycles. The monoisotopic (exact) mass is 456 g/mol. The largest absolute Gasteiger partial charge is 0.507 e. The van der Waals surface area contributed by atoms with Crippen molar-refractivity contribution >= 4 is 23.8 Å². The highest BCUT2D eigenvalue weighted by molar-refractivity contribution is 5.90. The smallest absolute Gasteiger partial charge is 0.128 e. The van der Waals surface area contributed by atoms with Crippen LogP contribution in [0.2, 0.25) is 0 Å². The van der Waals surface area contributed by atoms with Gasteiger partial charge in [-0.1, -0.05) is 65.8 Å². The summed E-state index contributed by atoms with van der Waals surface area (Å²) in [5.41, 5.74) is 6.28. The van der Waals surface area contributed by atoms with Gasteiger partial charge in [0.15, 0.2) is 0 Å². The molecule has 0 fully saturated rings. The van der Waals surface area contributed by atoms with Gasteiger partial charge in [-0.2, -0.15) is 0 Å². The molecular formula is C30H36N2O2. The molecule has 34 heavy (non-hydrogen) atoms. The van der Waals surface area contributed by atoms with Crippen molar-refractivity contribution in [1.82, 2.24) is 0 Å². The predicted octanol–water partition coefficient (Wildman–Crippen LogP) is 7.81. The summed E-state index contributed by atoms with van der Waals surface area (Å²) in [6.07, 6.45) is 3.38. The Morgan fingerprint density at radius 1 is 0.618 bits per heavy atom. The molecule has 0 aliphatic carbocycles. The van der Waals surface area contributed by atoms with E-state index in [9.17, 15) is 10.2 Å². The number of para-hydroxylation sites is 2. The molecule has 0 bridgehead atoms. The zero-order chi connectivity index (χ0) is 25.3. The van der Waals surface area contributed by atoms with Gasteiger partial charge in [-0.3, -0.25) is 9.98 Å². The fourth-order valence-electron chi connectivity index (χ4n) is 3.91. The summed E-state index contributed by atoms with van der Waals surface area (Å²) in [5, 5.41) is 21.7. The molecule has 3 rings (SSSR count). The van der Waals surface area contributed by atoms with Gasteiger partial charge in [-0.15, -0.1) is 0 Å². The Bertz CT molecular complexity index is 1160. The number of nitrogens with zero attached hydrogens (tertiary/aromatic N) is 2. The average molecular weight is 457 g/mol. The molecule has 0 atom stereocenters. The maximum atomic E-state index is 10.8. The maximum Gasteiger partial charge on any atom is 0.128 e. The lowest BCUT2D eigenvalue weighted by atomic mass is 9.84. The van der Waals surface area contributed by atoms with Crippen molar-refractivity contribution < 1.29 is 10.2 Å². The van der Waals surface area contributed by atoms with Crippen LogP contribution in [-0.4, -0.2) is 22.6 Å². The van der Waals surface area contributed by atoms with Crippen LogP contribution in [-0.2, 0) is 10.8 Å². The third-order valence-corrected chi connectivity index (χ3v) is 5.75. The van der Waals surface area contributed by atoms with E-state index in [-0.39, 0.29) is 22.3 Å². The topological polar surface area (TPSA) is 65.2 Å². The van der Waals surface area contributed by atoms with Crippen LogP contribution in [0.25, 0.3) is 0 Å². The van der Waals surface area contributed by atoms with Gasteiger partial charge in [-0.25, -0.2) is 0 Å². The highest BCUT2D eigenvalue weighted by Crippen LogP contribution is 2.36. The van der Waals surface area contributed by atoms with Gasteiger partial charge in [0, 0.05) is 34.7 Å². The molecule has 4 nitrogen and oxygen atoms in total. The van der Waals surface area contributed by atoms with Crippen molar-refractivity contribution in [3.63, 3.8) is 0 Å². The van der Waals surface area contributed by atoms with Gasteiger partial charge in [0.05, 0.1) is 11.4 Å². The first-order valence-corrected chi connectivity index (χ1v) is 11.6. The highest BCUT2D eigenvalue weighted by Gasteiger charge is 2.21. The Morgan fingerprint density at radius 2 is 0.971 bits per heavy atom. The lowest BCUT2D eigenvalue weighted by Crippen LogP contribution is -2.12. The molecule has 3 aromatic carbocycles. The van der Waals surface area contributed by atoms with Crippen LogP contribution in [0.3, 0.4) is 0 Å². The number of benzene rings is 3. The normalized spacial score (nSPS) is 12.7. The molecular weight excluding hydrogens is 420 g/mol. The molecule has 0 saturated heterocycles. The van der Waals surface area contributed by atoms with Crippen molar-refractivity contribution in [3.05, 3.63) is 81.9 Å². The molecule has 0 aliphatic rings. The van der Waals surface area contributed by atoms with Gasteiger partial charge in [-0.05, 0) is 60.1 Å². The Labute approximate surface area is 203 Å². The van der Waals surface area contributed by atoms with E-state index in [4.69, 9.17) is 0 Å². The molecule has 0 spiro atoms. The first-order valence-electron chi connectivity index (χ1n) is 11.6. The molecule has 0 heterocycles. The summed E-state index contributed by atoms with van der Waals surface area (Å²) in [7, 11) is 0. The van der Waals surface area contributed by atoms with E-state index in [1.54, 1.807) is 12.4 Å². The second kappa shape index (κ2) is 9.46. The molecule has 178 valence electrons. The zero-order valence-corrected chi connectivity index (χ0v) is 21.6. The predicted molar refractivity (Wildman–Crippen MR) is 144 cm³/mol. The number of hydrogen-bond acceptors (Lipinski definition) is 4. The fourth-order valence-corrected chi connectivity index (χ4v) is 3.91. The van der Waals surface area contributed by atoms with Gasteiger partial charge < -0.3 is 10.2 Å². The number of phenols is 2. The Balaban J connectivity index is 1.99. The van der Waals surface area contributed by atoms with Crippen LogP contribution < -0.4 is 0 Å². The van der Waals surface area contributed by atoms with E-state index in [2.05, 4.69) is 51.5 Å².